The monoisotopic (exact) mass is 397 g/mol. The van der Waals surface area contributed by atoms with Crippen LogP contribution in [0.5, 0.6) is 11.5 Å². The Bertz CT molecular complexity index is 1100. The molecule has 142 valence electrons. The van der Waals surface area contributed by atoms with Crippen molar-refractivity contribution in [3.8, 4) is 11.5 Å². The minimum atomic E-state index is -0.414. The van der Waals surface area contributed by atoms with E-state index in [1.165, 1.54) is 12.1 Å². The lowest BCUT2D eigenvalue weighted by Gasteiger charge is -2.12. The zero-order valence-electron chi connectivity index (χ0n) is 14.9. The molecule has 0 saturated carbocycles. The lowest BCUT2D eigenvalue weighted by molar-refractivity contribution is 0.0996. The standard InChI is InChI=1S/C20H16ClN3O4/c1-26-15-6-5-13(23-20(25)16-7-8-18(21)28-16)10-17(15)27-12-14-11-24-9-3-2-4-19(24)22-14/h2-11H,12H2,1H3,(H,23,25). The molecule has 0 aliphatic heterocycles. The molecule has 0 bridgehead atoms. The molecule has 3 aromatic heterocycles. The van der Waals surface area contributed by atoms with Crippen molar-refractivity contribution >= 4 is 28.8 Å². The first-order valence-electron chi connectivity index (χ1n) is 8.42. The van der Waals surface area contributed by atoms with Crippen LogP contribution in [-0.2, 0) is 6.61 Å². The summed E-state index contributed by atoms with van der Waals surface area (Å²) in [6.45, 7) is 0.253. The summed E-state index contributed by atoms with van der Waals surface area (Å²) < 4.78 is 18.3. The van der Waals surface area contributed by atoms with Crippen molar-refractivity contribution in [1.82, 2.24) is 9.38 Å². The second-order valence-corrected chi connectivity index (χ2v) is 6.28. The third kappa shape index (κ3) is 3.79. The van der Waals surface area contributed by atoms with Crippen molar-refractivity contribution in [3.63, 3.8) is 0 Å². The minimum absolute atomic E-state index is 0.119. The first kappa shape index (κ1) is 17.9. The maximum Gasteiger partial charge on any atom is 0.291 e. The van der Waals surface area contributed by atoms with Crippen molar-refractivity contribution < 1.29 is 18.7 Å². The molecule has 0 fully saturated rings. The fraction of sp³-hybridized carbons (Fsp3) is 0.100. The number of rotatable bonds is 6. The van der Waals surface area contributed by atoms with Gasteiger partial charge in [0.25, 0.3) is 5.91 Å². The molecular weight excluding hydrogens is 382 g/mol. The van der Waals surface area contributed by atoms with Gasteiger partial charge in [0.15, 0.2) is 22.5 Å². The Kier molecular flexibility index (Phi) is 4.90. The number of pyridine rings is 1. The number of benzene rings is 1. The van der Waals surface area contributed by atoms with Gasteiger partial charge in [-0.15, -0.1) is 0 Å². The van der Waals surface area contributed by atoms with Gasteiger partial charge in [-0.3, -0.25) is 4.79 Å². The molecule has 0 unspecified atom stereocenters. The van der Waals surface area contributed by atoms with Gasteiger partial charge < -0.3 is 23.6 Å². The number of aromatic nitrogens is 2. The number of nitrogens with one attached hydrogen (secondary N) is 1. The maximum atomic E-state index is 12.2. The van der Waals surface area contributed by atoms with E-state index in [1.807, 2.05) is 35.0 Å². The zero-order valence-corrected chi connectivity index (χ0v) is 15.6. The molecule has 0 aliphatic carbocycles. The van der Waals surface area contributed by atoms with Crippen LogP contribution >= 0.6 is 11.6 Å². The van der Waals surface area contributed by atoms with Gasteiger partial charge >= 0.3 is 0 Å². The van der Waals surface area contributed by atoms with Crippen LogP contribution < -0.4 is 14.8 Å². The number of halogens is 1. The number of anilines is 1. The summed E-state index contributed by atoms with van der Waals surface area (Å²) in [5.74, 6) is 0.731. The van der Waals surface area contributed by atoms with Gasteiger partial charge in [-0.2, -0.15) is 0 Å². The van der Waals surface area contributed by atoms with Crippen molar-refractivity contribution in [2.24, 2.45) is 0 Å². The van der Waals surface area contributed by atoms with Gasteiger partial charge in [-0.05, 0) is 48.0 Å². The molecule has 8 heteroatoms. The van der Waals surface area contributed by atoms with Gasteiger partial charge in [-0.1, -0.05) is 6.07 Å². The van der Waals surface area contributed by atoms with E-state index in [9.17, 15) is 4.79 Å². The number of carbonyl (C=O) groups is 1. The molecule has 3 heterocycles. The van der Waals surface area contributed by atoms with Gasteiger partial charge in [0.1, 0.15) is 12.3 Å². The Balaban J connectivity index is 1.50. The molecule has 0 atom stereocenters. The van der Waals surface area contributed by atoms with Crippen molar-refractivity contribution in [2.75, 3.05) is 12.4 Å². The Morgan fingerprint density at radius 2 is 2.11 bits per heavy atom. The Morgan fingerprint density at radius 1 is 1.21 bits per heavy atom. The third-order valence-electron chi connectivity index (χ3n) is 4.01. The van der Waals surface area contributed by atoms with Crippen LogP contribution in [0.4, 0.5) is 5.69 Å². The van der Waals surface area contributed by atoms with E-state index in [4.69, 9.17) is 25.5 Å². The Morgan fingerprint density at radius 3 is 2.86 bits per heavy atom. The predicted octanol–water partition coefficient (Wildman–Crippen LogP) is 4.42. The Labute approximate surface area is 165 Å². The van der Waals surface area contributed by atoms with Crippen LogP contribution in [0.15, 0.2) is 65.3 Å². The van der Waals surface area contributed by atoms with Crippen LogP contribution in [-0.4, -0.2) is 22.4 Å². The van der Waals surface area contributed by atoms with Crippen LogP contribution in [0.25, 0.3) is 5.65 Å². The number of imidazole rings is 1. The van der Waals surface area contributed by atoms with Crippen molar-refractivity contribution in [3.05, 3.63) is 77.6 Å². The quantitative estimate of drug-likeness (QED) is 0.521. The highest BCUT2D eigenvalue weighted by Crippen LogP contribution is 2.31. The van der Waals surface area contributed by atoms with E-state index in [1.54, 1.807) is 25.3 Å². The van der Waals surface area contributed by atoms with Crippen LogP contribution in [0.1, 0.15) is 16.2 Å². The van der Waals surface area contributed by atoms with Crippen molar-refractivity contribution in [2.45, 2.75) is 6.61 Å². The number of amides is 1. The highest BCUT2D eigenvalue weighted by Gasteiger charge is 2.13. The fourth-order valence-corrected chi connectivity index (χ4v) is 2.85. The highest BCUT2D eigenvalue weighted by molar-refractivity contribution is 6.29. The molecule has 28 heavy (non-hydrogen) atoms. The summed E-state index contributed by atoms with van der Waals surface area (Å²) in [5, 5.41) is 2.89. The van der Waals surface area contributed by atoms with E-state index in [-0.39, 0.29) is 17.6 Å². The summed E-state index contributed by atoms with van der Waals surface area (Å²) >= 11 is 5.71. The maximum absolute atomic E-state index is 12.2. The molecule has 7 nitrogen and oxygen atoms in total. The second kappa shape index (κ2) is 7.66. The molecule has 4 aromatic rings. The van der Waals surface area contributed by atoms with E-state index < -0.39 is 5.91 Å². The number of carbonyl (C=O) groups excluding carboxylic acids is 1. The van der Waals surface area contributed by atoms with Crippen LogP contribution in [0.3, 0.4) is 0 Å². The normalized spacial score (nSPS) is 10.8. The van der Waals surface area contributed by atoms with Gasteiger partial charge in [0.2, 0.25) is 0 Å². The number of ether oxygens (including phenoxy) is 2. The zero-order chi connectivity index (χ0) is 19.5. The topological polar surface area (TPSA) is 78.0 Å². The molecule has 4 rings (SSSR count). The highest BCUT2D eigenvalue weighted by atomic mass is 35.5. The van der Waals surface area contributed by atoms with E-state index in [0.29, 0.717) is 17.2 Å². The number of hydrogen-bond donors (Lipinski definition) is 1. The summed E-state index contributed by atoms with van der Waals surface area (Å²) in [7, 11) is 1.55. The second-order valence-electron chi connectivity index (χ2n) is 5.91. The molecule has 0 aliphatic rings. The molecular formula is C20H16ClN3O4. The van der Waals surface area contributed by atoms with E-state index in [0.717, 1.165) is 11.3 Å². The third-order valence-corrected chi connectivity index (χ3v) is 4.21. The SMILES string of the molecule is COc1ccc(NC(=O)c2ccc(Cl)o2)cc1OCc1cn2ccccc2n1. The van der Waals surface area contributed by atoms with E-state index in [2.05, 4.69) is 10.3 Å². The molecule has 1 N–H and O–H groups in total. The molecule has 0 saturated heterocycles. The smallest absolute Gasteiger partial charge is 0.291 e. The largest absolute Gasteiger partial charge is 0.493 e. The molecule has 0 radical (unpaired) electrons. The molecule has 0 spiro atoms. The molecule has 1 amide bonds. The summed E-state index contributed by atoms with van der Waals surface area (Å²) in [5.41, 5.74) is 2.14. The lowest BCUT2D eigenvalue weighted by atomic mass is 10.2. The van der Waals surface area contributed by atoms with Crippen molar-refractivity contribution in [1.29, 1.82) is 0 Å². The molecule has 1 aromatic carbocycles. The average molecular weight is 398 g/mol. The average Bonchev–Trinajstić information content (AvgIpc) is 3.32. The first-order valence-corrected chi connectivity index (χ1v) is 8.80. The minimum Gasteiger partial charge on any atom is -0.493 e. The van der Waals surface area contributed by atoms with Gasteiger partial charge in [-0.25, -0.2) is 4.98 Å². The van der Waals surface area contributed by atoms with Gasteiger partial charge in [0, 0.05) is 24.1 Å². The number of nitrogens with zero attached hydrogens (tertiary/aromatic N) is 2. The summed E-state index contributed by atoms with van der Waals surface area (Å²) in [4.78, 5) is 16.7. The first-order chi connectivity index (χ1) is 13.6. The fourth-order valence-electron chi connectivity index (χ4n) is 2.70. The Hall–Kier alpha value is -3.45. The number of hydrogen-bond acceptors (Lipinski definition) is 5. The summed E-state index contributed by atoms with van der Waals surface area (Å²) in [6.07, 6.45) is 3.82. The number of furan rings is 1. The van der Waals surface area contributed by atoms with Crippen LogP contribution in [0.2, 0.25) is 5.22 Å². The van der Waals surface area contributed by atoms with E-state index >= 15 is 0 Å². The lowest BCUT2D eigenvalue weighted by Crippen LogP contribution is -2.11. The van der Waals surface area contributed by atoms with Crippen LogP contribution in [0, 0.1) is 0 Å². The number of fused-ring (bicyclic) bond motifs is 1. The van der Waals surface area contributed by atoms with Gasteiger partial charge in [0.05, 0.1) is 12.8 Å². The summed E-state index contributed by atoms with van der Waals surface area (Å²) in [6, 6.07) is 13.9. The number of methoxy groups -OCH3 is 1. The predicted molar refractivity (Wildman–Crippen MR) is 104 cm³/mol.